The van der Waals surface area contributed by atoms with E-state index in [0.717, 1.165) is 36.3 Å². The van der Waals surface area contributed by atoms with Crippen molar-refractivity contribution in [2.45, 2.75) is 33.2 Å². The highest BCUT2D eigenvalue weighted by Gasteiger charge is 2.05. The molecule has 1 unspecified atom stereocenters. The molecule has 3 nitrogen and oxygen atoms in total. The van der Waals surface area contributed by atoms with Crippen LogP contribution in [-0.2, 0) is 6.42 Å². The van der Waals surface area contributed by atoms with Crippen molar-refractivity contribution in [3.05, 3.63) is 28.2 Å². The molecule has 0 aromatic heterocycles. The van der Waals surface area contributed by atoms with E-state index in [1.54, 1.807) is 0 Å². The number of benzene rings is 1. The minimum Gasteiger partial charge on any atom is -0.491 e. The topological polar surface area (TPSA) is 38.5 Å². The van der Waals surface area contributed by atoms with Crippen LogP contribution >= 0.6 is 15.9 Å². The maximum atomic E-state index is 5.81. The molecule has 0 saturated heterocycles. The Morgan fingerprint density at radius 2 is 2.00 bits per heavy atom. The summed E-state index contributed by atoms with van der Waals surface area (Å²) in [7, 11) is 0. The first-order valence-electron chi connectivity index (χ1n) is 6.96. The third-order valence-corrected chi connectivity index (χ3v) is 3.73. The second-order valence-corrected chi connectivity index (χ2v) is 5.68. The summed E-state index contributed by atoms with van der Waals surface area (Å²) >= 11 is 3.56. The molecule has 19 heavy (non-hydrogen) atoms. The minimum atomic E-state index is 0.182. The van der Waals surface area contributed by atoms with Gasteiger partial charge in [-0.1, -0.05) is 19.9 Å². The Balaban J connectivity index is 2.50. The van der Waals surface area contributed by atoms with E-state index in [-0.39, 0.29) is 6.04 Å². The molecule has 0 saturated carbocycles. The summed E-state index contributed by atoms with van der Waals surface area (Å²) in [4.78, 5) is 2.35. The van der Waals surface area contributed by atoms with E-state index in [1.807, 2.05) is 13.0 Å². The molecular weight excluding hydrogens is 304 g/mol. The van der Waals surface area contributed by atoms with Crippen LogP contribution in [0.5, 0.6) is 5.75 Å². The Labute approximate surface area is 125 Å². The van der Waals surface area contributed by atoms with E-state index in [9.17, 15) is 0 Å². The van der Waals surface area contributed by atoms with Gasteiger partial charge >= 0.3 is 0 Å². The van der Waals surface area contributed by atoms with Crippen LogP contribution in [-0.4, -0.2) is 37.2 Å². The predicted molar refractivity (Wildman–Crippen MR) is 84.8 cm³/mol. The van der Waals surface area contributed by atoms with E-state index < -0.39 is 0 Å². The molecule has 0 aliphatic rings. The molecule has 1 atom stereocenters. The number of halogens is 1. The largest absolute Gasteiger partial charge is 0.491 e. The highest BCUT2D eigenvalue weighted by Crippen LogP contribution is 2.26. The van der Waals surface area contributed by atoms with E-state index in [0.29, 0.717) is 6.61 Å². The lowest BCUT2D eigenvalue weighted by Crippen LogP contribution is -2.27. The van der Waals surface area contributed by atoms with E-state index in [4.69, 9.17) is 10.5 Å². The SMILES string of the molecule is CCN(CC)CCOc1ccc(CC(C)N)cc1Br. The molecule has 0 heterocycles. The molecule has 1 aromatic carbocycles. The summed E-state index contributed by atoms with van der Waals surface area (Å²) in [6.07, 6.45) is 0.887. The molecule has 4 heteroatoms. The lowest BCUT2D eigenvalue weighted by Gasteiger charge is -2.18. The Hall–Kier alpha value is -0.580. The van der Waals surface area contributed by atoms with Gasteiger partial charge in [-0.3, -0.25) is 0 Å². The molecular formula is C15H25BrN2O. The quantitative estimate of drug-likeness (QED) is 0.797. The first kappa shape index (κ1) is 16.5. The van der Waals surface area contributed by atoms with Gasteiger partial charge in [0.1, 0.15) is 12.4 Å². The maximum Gasteiger partial charge on any atom is 0.133 e. The second-order valence-electron chi connectivity index (χ2n) is 4.82. The van der Waals surface area contributed by atoms with Gasteiger partial charge in [-0.2, -0.15) is 0 Å². The first-order chi connectivity index (χ1) is 9.06. The first-order valence-corrected chi connectivity index (χ1v) is 7.75. The van der Waals surface area contributed by atoms with Gasteiger partial charge < -0.3 is 15.4 Å². The Morgan fingerprint density at radius 1 is 1.32 bits per heavy atom. The van der Waals surface area contributed by atoms with Crippen molar-refractivity contribution in [3.8, 4) is 5.75 Å². The van der Waals surface area contributed by atoms with E-state index in [1.165, 1.54) is 5.56 Å². The number of hydrogen-bond donors (Lipinski definition) is 1. The van der Waals surface area contributed by atoms with Crippen LogP contribution in [0.1, 0.15) is 26.3 Å². The van der Waals surface area contributed by atoms with E-state index in [2.05, 4.69) is 46.8 Å². The van der Waals surface area contributed by atoms with Crippen molar-refractivity contribution < 1.29 is 4.74 Å². The molecule has 0 amide bonds. The maximum absolute atomic E-state index is 5.81. The lowest BCUT2D eigenvalue weighted by atomic mass is 10.1. The number of ether oxygens (including phenoxy) is 1. The zero-order valence-electron chi connectivity index (χ0n) is 12.2. The van der Waals surface area contributed by atoms with Gasteiger partial charge in [0.15, 0.2) is 0 Å². The fourth-order valence-corrected chi connectivity index (χ4v) is 2.53. The van der Waals surface area contributed by atoms with Crippen molar-refractivity contribution in [3.63, 3.8) is 0 Å². The number of hydrogen-bond acceptors (Lipinski definition) is 3. The van der Waals surface area contributed by atoms with Gasteiger partial charge in [0, 0.05) is 12.6 Å². The smallest absolute Gasteiger partial charge is 0.133 e. The summed E-state index contributed by atoms with van der Waals surface area (Å²) < 4.78 is 6.82. The summed E-state index contributed by atoms with van der Waals surface area (Å²) in [5.41, 5.74) is 7.04. The molecule has 1 rings (SSSR count). The number of nitrogens with zero attached hydrogens (tertiary/aromatic N) is 1. The molecule has 2 N–H and O–H groups in total. The Bertz CT molecular complexity index is 378. The van der Waals surface area contributed by atoms with Gasteiger partial charge in [0.05, 0.1) is 4.47 Å². The zero-order valence-corrected chi connectivity index (χ0v) is 13.7. The number of likely N-dealkylation sites (N-methyl/N-ethyl adjacent to an activating group) is 1. The fourth-order valence-electron chi connectivity index (χ4n) is 1.98. The van der Waals surface area contributed by atoms with Crippen LogP contribution in [0.25, 0.3) is 0 Å². The van der Waals surface area contributed by atoms with Crippen molar-refractivity contribution >= 4 is 15.9 Å². The molecule has 108 valence electrons. The third kappa shape index (κ3) is 5.93. The van der Waals surface area contributed by atoms with Crippen molar-refractivity contribution in [2.75, 3.05) is 26.2 Å². The highest BCUT2D eigenvalue weighted by molar-refractivity contribution is 9.10. The summed E-state index contributed by atoms with van der Waals surface area (Å²) in [5, 5.41) is 0. The second kappa shape index (κ2) is 8.56. The van der Waals surface area contributed by atoms with Gasteiger partial charge in [0.25, 0.3) is 0 Å². The zero-order chi connectivity index (χ0) is 14.3. The number of rotatable bonds is 8. The Kier molecular flexibility index (Phi) is 7.42. The number of nitrogens with two attached hydrogens (primary N) is 1. The van der Waals surface area contributed by atoms with Crippen molar-refractivity contribution in [2.24, 2.45) is 5.73 Å². The molecule has 0 spiro atoms. The average Bonchev–Trinajstić information content (AvgIpc) is 2.36. The summed E-state index contributed by atoms with van der Waals surface area (Å²) in [6.45, 7) is 10.2. The molecule has 0 radical (unpaired) electrons. The summed E-state index contributed by atoms with van der Waals surface area (Å²) in [5.74, 6) is 0.903. The fraction of sp³-hybridized carbons (Fsp3) is 0.600. The molecule has 0 aliphatic carbocycles. The van der Waals surface area contributed by atoms with Crippen LogP contribution < -0.4 is 10.5 Å². The molecule has 0 fully saturated rings. The van der Waals surface area contributed by atoms with Crippen LogP contribution in [0.2, 0.25) is 0 Å². The van der Waals surface area contributed by atoms with Crippen molar-refractivity contribution in [1.82, 2.24) is 4.90 Å². The van der Waals surface area contributed by atoms with Gasteiger partial charge in [-0.25, -0.2) is 0 Å². The predicted octanol–water partition coefficient (Wildman–Crippen LogP) is 3.06. The van der Waals surface area contributed by atoms with Gasteiger partial charge in [-0.15, -0.1) is 0 Å². The molecule has 1 aromatic rings. The average molecular weight is 329 g/mol. The normalized spacial score (nSPS) is 12.7. The molecule has 0 aliphatic heterocycles. The van der Waals surface area contributed by atoms with Gasteiger partial charge in [0.2, 0.25) is 0 Å². The summed E-state index contributed by atoms with van der Waals surface area (Å²) in [6, 6.07) is 6.38. The standard InChI is InChI=1S/C15H25BrN2O/c1-4-18(5-2)8-9-19-15-7-6-13(10-12(3)17)11-14(15)16/h6-7,11-12H,4-5,8-10,17H2,1-3H3. The van der Waals surface area contributed by atoms with E-state index >= 15 is 0 Å². The lowest BCUT2D eigenvalue weighted by molar-refractivity contribution is 0.222. The third-order valence-electron chi connectivity index (χ3n) is 3.11. The minimum absolute atomic E-state index is 0.182. The monoisotopic (exact) mass is 328 g/mol. The van der Waals surface area contributed by atoms with Gasteiger partial charge in [-0.05, 0) is 60.1 Å². The molecule has 0 bridgehead atoms. The Morgan fingerprint density at radius 3 is 2.53 bits per heavy atom. The van der Waals surface area contributed by atoms with Crippen molar-refractivity contribution in [1.29, 1.82) is 0 Å². The van der Waals surface area contributed by atoms with Crippen LogP contribution in [0.15, 0.2) is 22.7 Å². The van der Waals surface area contributed by atoms with Crippen LogP contribution in [0.4, 0.5) is 0 Å². The van der Waals surface area contributed by atoms with Crippen LogP contribution in [0, 0.1) is 0 Å². The van der Waals surface area contributed by atoms with Crippen LogP contribution in [0.3, 0.4) is 0 Å². The highest BCUT2D eigenvalue weighted by atomic mass is 79.9.